The number of aldehydes is 1. The molecule has 0 aliphatic carbocycles. The molecule has 0 aliphatic rings. The molecule has 3 heterocycles. The number of aromatic amines is 1. The first-order chi connectivity index (χ1) is 8.15. The Hall–Kier alpha value is -2.44. The standard InChI is InChI=1S/C10H9N5O2/c1-5-6(3-16)15-9(17)7-8(12-4-11-7)14(2)10(15)13-5/h3-4H,1-2H3,(H,11,12). The van der Waals surface area contributed by atoms with Gasteiger partial charge in [0.2, 0.25) is 5.78 Å². The molecule has 3 aromatic heterocycles. The van der Waals surface area contributed by atoms with E-state index in [-0.39, 0.29) is 11.3 Å². The van der Waals surface area contributed by atoms with Crippen molar-refractivity contribution in [1.82, 2.24) is 23.9 Å². The van der Waals surface area contributed by atoms with E-state index in [0.29, 0.717) is 28.9 Å². The van der Waals surface area contributed by atoms with Gasteiger partial charge in [0.1, 0.15) is 11.2 Å². The van der Waals surface area contributed by atoms with Crippen LogP contribution in [0.15, 0.2) is 11.1 Å². The molecule has 0 bridgehead atoms. The van der Waals surface area contributed by atoms with Gasteiger partial charge in [-0.05, 0) is 6.92 Å². The molecule has 0 spiro atoms. The van der Waals surface area contributed by atoms with E-state index in [1.807, 2.05) is 0 Å². The normalized spacial score (nSPS) is 11.4. The molecular formula is C10H9N5O2. The second-order valence-corrected chi connectivity index (χ2v) is 3.80. The summed E-state index contributed by atoms with van der Waals surface area (Å²) in [5, 5.41) is 0. The van der Waals surface area contributed by atoms with Gasteiger partial charge in [-0.2, -0.15) is 0 Å². The number of aryl methyl sites for hydroxylation is 2. The number of rotatable bonds is 1. The van der Waals surface area contributed by atoms with Gasteiger partial charge in [-0.1, -0.05) is 0 Å². The van der Waals surface area contributed by atoms with Crippen molar-refractivity contribution in [3.05, 3.63) is 28.1 Å². The monoisotopic (exact) mass is 231 g/mol. The molecule has 3 rings (SSSR count). The summed E-state index contributed by atoms with van der Waals surface area (Å²) in [6, 6.07) is 0. The summed E-state index contributed by atoms with van der Waals surface area (Å²) in [5.74, 6) is 0.411. The second-order valence-electron chi connectivity index (χ2n) is 3.80. The second kappa shape index (κ2) is 3.03. The molecule has 17 heavy (non-hydrogen) atoms. The molecule has 0 fully saturated rings. The predicted octanol–water partition coefficient (Wildman–Crippen LogP) is 0.0302. The minimum absolute atomic E-state index is 0.275. The first-order valence-electron chi connectivity index (χ1n) is 5.01. The maximum Gasteiger partial charge on any atom is 0.285 e. The van der Waals surface area contributed by atoms with E-state index in [4.69, 9.17) is 0 Å². The largest absolute Gasteiger partial charge is 0.339 e. The van der Waals surface area contributed by atoms with Gasteiger partial charge in [0, 0.05) is 7.05 Å². The highest BCUT2D eigenvalue weighted by Crippen LogP contribution is 2.11. The van der Waals surface area contributed by atoms with Crippen molar-refractivity contribution in [1.29, 1.82) is 0 Å². The van der Waals surface area contributed by atoms with Gasteiger partial charge < -0.3 is 4.98 Å². The third kappa shape index (κ3) is 1.05. The fraction of sp³-hybridized carbons (Fsp3) is 0.200. The Bertz CT molecular complexity index is 807. The topological polar surface area (TPSA) is 85.1 Å². The molecule has 0 atom stereocenters. The highest BCUT2D eigenvalue weighted by Gasteiger charge is 2.16. The van der Waals surface area contributed by atoms with Crippen LogP contribution in [0.2, 0.25) is 0 Å². The van der Waals surface area contributed by atoms with Gasteiger partial charge in [-0.3, -0.25) is 14.2 Å². The maximum atomic E-state index is 12.2. The van der Waals surface area contributed by atoms with E-state index in [0.717, 1.165) is 0 Å². The van der Waals surface area contributed by atoms with E-state index < -0.39 is 0 Å². The smallest absolute Gasteiger partial charge is 0.285 e. The highest BCUT2D eigenvalue weighted by molar-refractivity contribution is 5.79. The van der Waals surface area contributed by atoms with E-state index in [2.05, 4.69) is 15.0 Å². The Balaban J connectivity index is 2.73. The van der Waals surface area contributed by atoms with Crippen LogP contribution in [0, 0.1) is 6.92 Å². The number of aromatic nitrogens is 5. The molecule has 0 saturated carbocycles. The first-order valence-corrected chi connectivity index (χ1v) is 5.01. The quantitative estimate of drug-likeness (QED) is 0.599. The lowest BCUT2D eigenvalue weighted by molar-refractivity contribution is 0.111. The van der Waals surface area contributed by atoms with Crippen LogP contribution in [0.5, 0.6) is 0 Å². The minimum atomic E-state index is -0.312. The summed E-state index contributed by atoms with van der Waals surface area (Å²) in [7, 11) is 1.75. The van der Waals surface area contributed by atoms with Crippen LogP contribution in [0.3, 0.4) is 0 Å². The third-order valence-electron chi connectivity index (χ3n) is 2.84. The van der Waals surface area contributed by atoms with Gasteiger partial charge in [0.25, 0.3) is 5.56 Å². The Morgan fingerprint density at radius 1 is 1.47 bits per heavy atom. The molecule has 0 radical (unpaired) electrons. The summed E-state index contributed by atoms with van der Waals surface area (Å²) >= 11 is 0. The molecule has 7 nitrogen and oxygen atoms in total. The van der Waals surface area contributed by atoms with Crippen LogP contribution < -0.4 is 5.56 Å². The van der Waals surface area contributed by atoms with Crippen molar-refractivity contribution >= 4 is 23.2 Å². The summed E-state index contributed by atoms with van der Waals surface area (Å²) in [5.41, 5.74) is 1.37. The first kappa shape index (κ1) is 9.76. The lowest BCUT2D eigenvalue weighted by Gasteiger charge is -2.02. The van der Waals surface area contributed by atoms with Crippen molar-refractivity contribution in [2.75, 3.05) is 0 Å². The number of nitrogens with zero attached hydrogens (tertiary/aromatic N) is 4. The van der Waals surface area contributed by atoms with E-state index in [1.165, 1.54) is 10.7 Å². The van der Waals surface area contributed by atoms with Crippen molar-refractivity contribution in [3.63, 3.8) is 0 Å². The Labute approximate surface area is 94.7 Å². The molecular weight excluding hydrogens is 222 g/mol. The fourth-order valence-electron chi connectivity index (χ4n) is 2.00. The predicted molar refractivity (Wildman–Crippen MR) is 60.2 cm³/mol. The average Bonchev–Trinajstić information content (AvgIpc) is 2.90. The van der Waals surface area contributed by atoms with Crippen LogP contribution >= 0.6 is 0 Å². The summed E-state index contributed by atoms with van der Waals surface area (Å²) in [4.78, 5) is 34.2. The average molecular weight is 231 g/mol. The molecule has 1 N–H and O–H groups in total. The summed E-state index contributed by atoms with van der Waals surface area (Å²) < 4.78 is 2.97. The molecule has 0 unspecified atom stereocenters. The molecule has 3 aromatic rings. The molecule has 0 saturated heterocycles. The van der Waals surface area contributed by atoms with E-state index in [1.54, 1.807) is 18.5 Å². The van der Waals surface area contributed by atoms with Gasteiger partial charge in [-0.25, -0.2) is 14.4 Å². The van der Waals surface area contributed by atoms with Crippen molar-refractivity contribution in [3.8, 4) is 0 Å². The lowest BCUT2D eigenvalue weighted by atomic mass is 10.4. The van der Waals surface area contributed by atoms with Gasteiger partial charge in [-0.15, -0.1) is 0 Å². The summed E-state index contributed by atoms with van der Waals surface area (Å²) in [6.07, 6.45) is 2.08. The van der Waals surface area contributed by atoms with Crippen molar-refractivity contribution in [2.24, 2.45) is 7.05 Å². The Kier molecular flexibility index (Phi) is 1.74. The maximum absolute atomic E-state index is 12.2. The van der Waals surface area contributed by atoms with Crippen LogP contribution in [-0.4, -0.2) is 30.2 Å². The van der Waals surface area contributed by atoms with Crippen LogP contribution in [0.4, 0.5) is 0 Å². The zero-order valence-corrected chi connectivity index (χ0v) is 9.26. The van der Waals surface area contributed by atoms with Gasteiger partial charge in [0.05, 0.1) is 12.0 Å². The van der Waals surface area contributed by atoms with Crippen molar-refractivity contribution < 1.29 is 4.79 Å². The number of nitrogens with one attached hydrogen (secondary N) is 1. The number of carbonyl (C=O) groups excluding carboxylic acids is 1. The highest BCUT2D eigenvalue weighted by atomic mass is 16.1. The van der Waals surface area contributed by atoms with Crippen LogP contribution in [0.25, 0.3) is 16.9 Å². The van der Waals surface area contributed by atoms with Gasteiger partial charge >= 0.3 is 0 Å². The third-order valence-corrected chi connectivity index (χ3v) is 2.84. The van der Waals surface area contributed by atoms with Crippen molar-refractivity contribution in [2.45, 2.75) is 6.92 Å². The molecule has 86 valence electrons. The minimum Gasteiger partial charge on any atom is -0.339 e. The Morgan fingerprint density at radius 2 is 2.24 bits per heavy atom. The van der Waals surface area contributed by atoms with E-state index in [9.17, 15) is 9.59 Å². The molecule has 0 amide bonds. The van der Waals surface area contributed by atoms with Crippen LogP contribution in [-0.2, 0) is 7.05 Å². The number of hydrogen-bond acceptors (Lipinski definition) is 4. The van der Waals surface area contributed by atoms with Gasteiger partial charge in [0.15, 0.2) is 11.9 Å². The Morgan fingerprint density at radius 3 is 2.94 bits per heavy atom. The summed E-state index contributed by atoms with van der Waals surface area (Å²) in [6.45, 7) is 1.69. The van der Waals surface area contributed by atoms with E-state index >= 15 is 0 Å². The zero-order chi connectivity index (χ0) is 12.2. The number of fused-ring (bicyclic) bond motifs is 2. The van der Waals surface area contributed by atoms with Crippen LogP contribution in [0.1, 0.15) is 16.2 Å². The molecule has 0 aliphatic heterocycles. The fourth-order valence-corrected chi connectivity index (χ4v) is 2.00. The molecule has 0 aromatic carbocycles. The lowest BCUT2D eigenvalue weighted by Crippen LogP contribution is -2.19. The zero-order valence-electron chi connectivity index (χ0n) is 9.26. The number of carbonyl (C=O) groups is 1. The number of H-pyrrole nitrogens is 1. The number of imidazole rings is 2. The SMILES string of the molecule is Cc1nc2n(C)c3nc[nH]c3c(=O)n2c1C=O. The number of hydrogen-bond donors (Lipinski definition) is 1. The molecule has 7 heteroatoms.